The Morgan fingerprint density at radius 3 is 2.63 bits per heavy atom. The molecule has 4 aromatic rings. The van der Waals surface area contributed by atoms with Crippen molar-refractivity contribution in [3.8, 4) is 5.75 Å². The van der Waals surface area contributed by atoms with Crippen LogP contribution in [0.2, 0.25) is 0 Å². The molecule has 152 valence electrons. The van der Waals surface area contributed by atoms with Crippen LogP contribution in [0.4, 0.5) is 15.9 Å². The Bertz CT molecular complexity index is 1210. The van der Waals surface area contributed by atoms with Crippen LogP contribution in [0.15, 0.2) is 83.0 Å². The van der Waals surface area contributed by atoms with Gasteiger partial charge in [-0.3, -0.25) is 9.47 Å². The van der Waals surface area contributed by atoms with Crippen molar-refractivity contribution in [2.45, 2.75) is 10.9 Å². The van der Waals surface area contributed by atoms with E-state index in [9.17, 15) is 9.18 Å². The Morgan fingerprint density at radius 2 is 1.87 bits per heavy atom. The number of hydrogen-bond acceptors (Lipinski definition) is 6. The zero-order chi connectivity index (χ0) is 20.9. The molecule has 0 aliphatic heterocycles. The maximum absolute atomic E-state index is 13.5. The van der Waals surface area contributed by atoms with Gasteiger partial charge in [-0.05, 0) is 48.0 Å². The van der Waals surface area contributed by atoms with Crippen molar-refractivity contribution in [2.75, 3.05) is 12.4 Å². The minimum Gasteiger partial charge on any atom is -0.497 e. The summed E-state index contributed by atoms with van der Waals surface area (Å²) in [4.78, 5) is 13.1. The monoisotopic (exact) mass is 423 g/mol. The Hall–Kier alpha value is -3.59. The third-order valence-electron chi connectivity index (χ3n) is 4.22. The minimum atomic E-state index is -0.413. The SMILES string of the molecule is COc1cccc(CSc2nnc(Nc3cccc(F)c3)c(=O)n2-n2cccc2)c1. The fourth-order valence-electron chi connectivity index (χ4n) is 2.81. The van der Waals surface area contributed by atoms with Crippen LogP contribution in [-0.2, 0) is 5.75 Å². The highest BCUT2D eigenvalue weighted by Crippen LogP contribution is 2.23. The number of hydrogen-bond donors (Lipinski definition) is 1. The molecule has 0 unspecified atom stereocenters. The molecule has 9 heteroatoms. The van der Waals surface area contributed by atoms with E-state index in [1.54, 1.807) is 36.3 Å². The number of nitrogens with one attached hydrogen (secondary N) is 1. The largest absolute Gasteiger partial charge is 0.497 e. The molecule has 0 saturated carbocycles. The second-order valence-corrected chi connectivity index (χ2v) is 7.23. The van der Waals surface area contributed by atoms with Crippen LogP contribution in [0.5, 0.6) is 5.75 Å². The Morgan fingerprint density at radius 1 is 1.07 bits per heavy atom. The molecule has 4 rings (SSSR count). The first-order valence-corrected chi connectivity index (χ1v) is 10.0. The Labute approximate surface area is 176 Å². The van der Waals surface area contributed by atoms with Crippen LogP contribution in [0.3, 0.4) is 0 Å². The summed E-state index contributed by atoms with van der Waals surface area (Å²) in [6, 6.07) is 17.1. The van der Waals surface area contributed by atoms with Gasteiger partial charge < -0.3 is 10.1 Å². The van der Waals surface area contributed by atoms with Crippen LogP contribution < -0.4 is 15.6 Å². The summed E-state index contributed by atoms with van der Waals surface area (Å²) in [5.41, 5.74) is 1.03. The van der Waals surface area contributed by atoms with E-state index < -0.39 is 11.4 Å². The number of benzene rings is 2. The number of rotatable bonds is 7. The maximum Gasteiger partial charge on any atom is 0.316 e. The second kappa shape index (κ2) is 8.83. The first-order chi connectivity index (χ1) is 14.6. The molecule has 0 bridgehead atoms. The highest BCUT2D eigenvalue weighted by atomic mass is 32.2. The van der Waals surface area contributed by atoms with Crippen molar-refractivity contribution < 1.29 is 9.13 Å². The highest BCUT2D eigenvalue weighted by molar-refractivity contribution is 7.98. The summed E-state index contributed by atoms with van der Waals surface area (Å²) in [6.07, 6.45) is 3.48. The summed E-state index contributed by atoms with van der Waals surface area (Å²) < 4.78 is 21.8. The normalized spacial score (nSPS) is 10.7. The van der Waals surface area contributed by atoms with Crippen LogP contribution in [0.25, 0.3) is 0 Å². The maximum atomic E-state index is 13.5. The first kappa shape index (κ1) is 19.7. The van der Waals surface area contributed by atoms with E-state index >= 15 is 0 Å². The smallest absolute Gasteiger partial charge is 0.316 e. The van der Waals surface area contributed by atoms with Crippen molar-refractivity contribution in [1.82, 2.24) is 19.5 Å². The molecule has 30 heavy (non-hydrogen) atoms. The average molecular weight is 423 g/mol. The van der Waals surface area contributed by atoms with Gasteiger partial charge in [0.05, 0.1) is 7.11 Å². The van der Waals surface area contributed by atoms with Crippen molar-refractivity contribution in [2.24, 2.45) is 0 Å². The van der Waals surface area contributed by atoms with Crippen molar-refractivity contribution >= 4 is 23.3 Å². The number of halogens is 1. The summed E-state index contributed by atoms with van der Waals surface area (Å²) in [7, 11) is 1.62. The average Bonchev–Trinajstić information content (AvgIpc) is 3.28. The molecule has 2 aromatic heterocycles. The van der Waals surface area contributed by atoms with Crippen LogP contribution in [0.1, 0.15) is 5.56 Å². The van der Waals surface area contributed by atoms with E-state index in [1.807, 2.05) is 36.4 Å². The van der Waals surface area contributed by atoms with E-state index in [0.29, 0.717) is 16.6 Å². The van der Waals surface area contributed by atoms with E-state index in [1.165, 1.54) is 28.6 Å². The van der Waals surface area contributed by atoms with Crippen molar-refractivity contribution in [1.29, 1.82) is 0 Å². The van der Waals surface area contributed by atoms with Crippen LogP contribution in [0, 0.1) is 5.82 Å². The molecule has 0 spiro atoms. The van der Waals surface area contributed by atoms with Gasteiger partial charge in [0.2, 0.25) is 11.0 Å². The lowest BCUT2D eigenvalue weighted by Gasteiger charge is -2.14. The van der Waals surface area contributed by atoms with Crippen molar-refractivity contribution in [3.63, 3.8) is 0 Å². The number of nitrogens with zero attached hydrogens (tertiary/aromatic N) is 4. The minimum absolute atomic E-state index is 0.0000281. The molecule has 2 aromatic carbocycles. The van der Waals surface area contributed by atoms with Crippen LogP contribution >= 0.6 is 11.8 Å². The van der Waals surface area contributed by atoms with Gasteiger partial charge in [-0.25, -0.2) is 4.39 Å². The molecular formula is C21H18FN5O2S. The van der Waals surface area contributed by atoms with E-state index in [2.05, 4.69) is 15.5 Å². The molecule has 0 aliphatic rings. The third kappa shape index (κ3) is 4.36. The van der Waals surface area contributed by atoms with Gasteiger partial charge >= 0.3 is 5.56 Å². The van der Waals surface area contributed by atoms with E-state index in [0.717, 1.165) is 11.3 Å². The standard InChI is InChI=1S/C21H18FN5O2S/c1-29-18-9-4-6-15(12-18)14-30-21-25-24-19(23-17-8-5-7-16(22)13-17)20(28)27(21)26-10-2-3-11-26/h2-13H,14H2,1H3,(H,23,24). The Kier molecular flexibility index (Phi) is 5.80. The number of ether oxygens (including phenoxy) is 1. The number of aromatic nitrogens is 4. The molecule has 0 radical (unpaired) electrons. The summed E-state index contributed by atoms with van der Waals surface area (Å²) in [6.45, 7) is 0. The van der Waals surface area contributed by atoms with E-state index in [-0.39, 0.29) is 5.82 Å². The Balaban J connectivity index is 1.66. The van der Waals surface area contributed by atoms with Gasteiger partial charge in [-0.15, -0.1) is 10.2 Å². The van der Waals surface area contributed by atoms with Gasteiger partial charge in [0.1, 0.15) is 11.6 Å². The molecule has 0 saturated heterocycles. The third-order valence-corrected chi connectivity index (χ3v) is 5.21. The quantitative estimate of drug-likeness (QED) is 0.454. The zero-order valence-corrected chi connectivity index (χ0v) is 16.8. The fourth-order valence-corrected chi connectivity index (χ4v) is 3.68. The molecule has 2 heterocycles. The fraction of sp³-hybridized carbons (Fsp3) is 0.0952. The number of methoxy groups -OCH3 is 1. The zero-order valence-electron chi connectivity index (χ0n) is 16.0. The highest BCUT2D eigenvalue weighted by Gasteiger charge is 2.15. The summed E-state index contributed by atoms with van der Waals surface area (Å²) in [5.74, 6) is 0.921. The number of thioether (sulfide) groups is 1. The lowest BCUT2D eigenvalue weighted by Crippen LogP contribution is -2.30. The van der Waals surface area contributed by atoms with Gasteiger partial charge in [-0.1, -0.05) is 30.0 Å². The molecule has 1 N–H and O–H groups in total. The van der Waals surface area contributed by atoms with Gasteiger partial charge in [0.15, 0.2) is 0 Å². The van der Waals surface area contributed by atoms with Gasteiger partial charge in [0, 0.05) is 23.8 Å². The summed E-state index contributed by atoms with van der Waals surface area (Å²) >= 11 is 1.37. The molecule has 0 fully saturated rings. The van der Waals surface area contributed by atoms with E-state index in [4.69, 9.17) is 4.74 Å². The first-order valence-electron chi connectivity index (χ1n) is 9.06. The topological polar surface area (TPSA) is 74.0 Å². The lowest BCUT2D eigenvalue weighted by molar-refractivity contribution is 0.414. The van der Waals surface area contributed by atoms with Gasteiger partial charge in [0.25, 0.3) is 0 Å². The predicted octanol–water partition coefficient (Wildman–Crippen LogP) is 3.93. The van der Waals surface area contributed by atoms with Crippen molar-refractivity contribution in [3.05, 3.63) is 94.8 Å². The molecular weight excluding hydrogens is 405 g/mol. The van der Waals surface area contributed by atoms with Crippen LogP contribution in [-0.4, -0.2) is 26.7 Å². The molecule has 0 amide bonds. The molecule has 0 atom stereocenters. The summed E-state index contributed by atoms with van der Waals surface area (Å²) in [5, 5.41) is 11.5. The lowest BCUT2D eigenvalue weighted by atomic mass is 10.2. The molecule has 7 nitrogen and oxygen atoms in total. The van der Waals surface area contributed by atoms with Gasteiger partial charge in [-0.2, -0.15) is 4.68 Å². The molecule has 0 aliphatic carbocycles. The predicted molar refractivity (Wildman–Crippen MR) is 114 cm³/mol. The second-order valence-electron chi connectivity index (χ2n) is 6.29. The number of anilines is 2.